The van der Waals surface area contributed by atoms with E-state index in [0.29, 0.717) is 0 Å². The van der Waals surface area contributed by atoms with Crippen LogP contribution in [-0.4, -0.2) is 28.0 Å². The van der Waals surface area contributed by atoms with Crippen molar-refractivity contribution in [3.8, 4) is 0 Å². The van der Waals surface area contributed by atoms with Crippen molar-refractivity contribution in [3.63, 3.8) is 0 Å². The maximum Gasteiger partial charge on any atom is 0.166 e. The molecule has 0 bridgehead atoms. The van der Waals surface area contributed by atoms with E-state index in [1.165, 1.54) is 0 Å². The molecule has 0 saturated carbocycles. The van der Waals surface area contributed by atoms with Gasteiger partial charge < -0.3 is 10.6 Å². The van der Waals surface area contributed by atoms with Crippen LogP contribution in [0.4, 0.5) is 0 Å². The fourth-order valence-electron chi connectivity index (χ4n) is 1.20. The summed E-state index contributed by atoms with van der Waals surface area (Å²) in [6.45, 7) is 3.87. The quantitative estimate of drug-likeness (QED) is 0.730. The SMILES string of the molecule is CCCNC(=S)NCCc1ccn(C)n1. The molecule has 2 N–H and O–H groups in total. The molecule has 1 aromatic heterocycles. The number of aromatic nitrogens is 2. The monoisotopic (exact) mass is 226 g/mol. The lowest BCUT2D eigenvalue weighted by atomic mass is 10.3. The minimum absolute atomic E-state index is 0.729. The standard InChI is InChI=1S/C10H18N4S/c1-3-6-11-10(15)12-7-4-9-5-8-14(2)13-9/h5,8H,3-4,6-7H2,1-2H3,(H2,11,12,15). The van der Waals surface area contributed by atoms with Crippen LogP contribution in [0.5, 0.6) is 0 Å². The Labute approximate surface area is 96.1 Å². The van der Waals surface area contributed by atoms with Gasteiger partial charge in [-0.25, -0.2) is 0 Å². The molecule has 0 radical (unpaired) electrons. The average molecular weight is 226 g/mol. The second-order valence-electron chi connectivity index (χ2n) is 3.41. The van der Waals surface area contributed by atoms with Gasteiger partial charge in [-0.3, -0.25) is 4.68 Å². The number of rotatable bonds is 5. The minimum atomic E-state index is 0.729. The second kappa shape index (κ2) is 6.40. The molecule has 0 spiro atoms. The molecule has 0 atom stereocenters. The minimum Gasteiger partial charge on any atom is -0.363 e. The highest BCUT2D eigenvalue weighted by Crippen LogP contribution is 1.93. The average Bonchev–Trinajstić information content (AvgIpc) is 2.61. The topological polar surface area (TPSA) is 41.9 Å². The Kier molecular flexibility index (Phi) is 5.10. The van der Waals surface area contributed by atoms with E-state index in [0.717, 1.165) is 36.7 Å². The fraction of sp³-hybridized carbons (Fsp3) is 0.600. The van der Waals surface area contributed by atoms with Crippen molar-refractivity contribution in [1.82, 2.24) is 20.4 Å². The number of hydrogen-bond donors (Lipinski definition) is 2. The first-order valence-electron chi connectivity index (χ1n) is 5.22. The molecule has 0 amide bonds. The zero-order valence-electron chi connectivity index (χ0n) is 9.29. The molecule has 1 heterocycles. The van der Waals surface area contributed by atoms with Crippen molar-refractivity contribution >= 4 is 17.3 Å². The Morgan fingerprint density at radius 2 is 2.20 bits per heavy atom. The first-order valence-corrected chi connectivity index (χ1v) is 5.63. The van der Waals surface area contributed by atoms with Crippen LogP contribution < -0.4 is 10.6 Å². The van der Waals surface area contributed by atoms with Crippen LogP contribution >= 0.6 is 12.2 Å². The maximum absolute atomic E-state index is 5.09. The maximum atomic E-state index is 5.09. The summed E-state index contributed by atoms with van der Waals surface area (Å²) >= 11 is 5.09. The summed E-state index contributed by atoms with van der Waals surface area (Å²) in [5.41, 5.74) is 1.09. The van der Waals surface area contributed by atoms with Crippen LogP contribution in [0.1, 0.15) is 19.0 Å². The summed E-state index contributed by atoms with van der Waals surface area (Å²) in [6, 6.07) is 2.02. The van der Waals surface area contributed by atoms with E-state index in [1.54, 1.807) is 0 Å². The van der Waals surface area contributed by atoms with Crippen molar-refractivity contribution < 1.29 is 0 Å². The number of hydrogen-bond acceptors (Lipinski definition) is 2. The molecule has 15 heavy (non-hydrogen) atoms. The van der Waals surface area contributed by atoms with Gasteiger partial charge in [0, 0.05) is 32.8 Å². The Morgan fingerprint density at radius 3 is 2.80 bits per heavy atom. The van der Waals surface area contributed by atoms with E-state index in [1.807, 2.05) is 24.0 Å². The molecule has 0 aliphatic rings. The Hall–Kier alpha value is -1.10. The number of thiocarbonyl (C=S) groups is 1. The van der Waals surface area contributed by atoms with Crippen LogP contribution in [-0.2, 0) is 13.5 Å². The van der Waals surface area contributed by atoms with Crippen LogP contribution in [0.2, 0.25) is 0 Å². The highest BCUT2D eigenvalue weighted by Gasteiger charge is 1.97. The van der Waals surface area contributed by atoms with Crippen molar-refractivity contribution in [1.29, 1.82) is 0 Å². The first kappa shape index (κ1) is 12.0. The third kappa shape index (κ3) is 4.78. The van der Waals surface area contributed by atoms with Crippen molar-refractivity contribution in [3.05, 3.63) is 18.0 Å². The van der Waals surface area contributed by atoms with Gasteiger partial charge in [-0.2, -0.15) is 5.10 Å². The predicted molar refractivity (Wildman–Crippen MR) is 65.8 cm³/mol. The fourth-order valence-corrected chi connectivity index (χ4v) is 1.41. The smallest absolute Gasteiger partial charge is 0.166 e. The zero-order valence-corrected chi connectivity index (χ0v) is 10.1. The van der Waals surface area contributed by atoms with E-state index in [9.17, 15) is 0 Å². The van der Waals surface area contributed by atoms with Gasteiger partial charge in [0.1, 0.15) is 0 Å². The van der Waals surface area contributed by atoms with E-state index in [-0.39, 0.29) is 0 Å². The molecule has 1 aromatic rings. The Balaban J connectivity index is 2.13. The molecule has 5 heteroatoms. The summed E-state index contributed by atoms with van der Waals surface area (Å²) < 4.78 is 1.81. The Bertz CT molecular complexity index is 308. The number of nitrogens with one attached hydrogen (secondary N) is 2. The van der Waals surface area contributed by atoms with E-state index in [4.69, 9.17) is 12.2 Å². The van der Waals surface area contributed by atoms with Gasteiger partial charge in [0.25, 0.3) is 0 Å². The first-order chi connectivity index (χ1) is 7.22. The molecule has 0 aromatic carbocycles. The molecule has 0 aliphatic heterocycles. The van der Waals surface area contributed by atoms with Gasteiger partial charge in [0.15, 0.2) is 5.11 Å². The van der Waals surface area contributed by atoms with Gasteiger partial charge in [0.2, 0.25) is 0 Å². The molecule has 0 saturated heterocycles. The molecule has 84 valence electrons. The summed E-state index contributed by atoms with van der Waals surface area (Å²) in [7, 11) is 1.92. The predicted octanol–water partition coefficient (Wildman–Crippen LogP) is 0.837. The molecule has 1 rings (SSSR count). The molecule has 0 unspecified atom stereocenters. The molecule has 0 aliphatic carbocycles. The summed E-state index contributed by atoms with van der Waals surface area (Å²) in [5.74, 6) is 0. The van der Waals surface area contributed by atoms with Gasteiger partial charge >= 0.3 is 0 Å². The van der Waals surface area contributed by atoms with Gasteiger partial charge in [0.05, 0.1) is 5.69 Å². The highest BCUT2D eigenvalue weighted by atomic mass is 32.1. The normalized spacial score (nSPS) is 10.0. The lowest BCUT2D eigenvalue weighted by Gasteiger charge is -2.08. The molecule has 4 nitrogen and oxygen atoms in total. The third-order valence-corrected chi connectivity index (χ3v) is 2.26. The second-order valence-corrected chi connectivity index (χ2v) is 3.82. The number of aryl methyl sites for hydroxylation is 1. The van der Waals surface area contributed by atoms with Crippen LogP contribution in [0.25, 0.3) is 0 Å². The number of nitrogens with zero attached hydrogens (tertiary/aromatic N) is 2. The lowest BCUT2D eigenvalue weighted by Crippen LogP contribution is -2.36. The summed E-state index contributed by atoms with van der Waals surface area (Å²) in [4.78, 5) is 0. The summed E-state index contributed by atoms with van der Waals surface area (Å²) in [5, 5.41) is 11.3. The largest absolute Gasteiger partial charge is 0.363 e. The van der Waals surface area contributed by atoms with Crippen LogP contribution in [0.3, 0.4) is 0 Å². The van der Waals surface area contributed by atoms with Crippen molar-refractivity contribution in [2.75, 3.05) is 13.1 Å². The molecule has 0 fully saturated rings. The third-order valence-electron chi connectivity index (χ3n) is 1.97. The van der Waals surface area contributed by atoms with E-state index >= 15 is 0 Å². The lowest BCUT2D eigenvalue weighted by molar-refractivity contribution is 0.726. The highest BCUT2D eigenvalue weighted by molar-refractivity contribution is 7.80. The van der Waals surface area contributed by atoms with Crippen LogP contribution in [0, 0.1) is 0 Å². The van der Waals surface area contributed by atoms with Crippen molar-refractivity contribution in [2.45, 2.75) is 19.8 Å². The van der Waals surface area contributed by atoms with Crippen molar-refractivity contribution in [2.24, 2.45) is 7.05 Å². The molecular weight excluding hydrogens is 208 g/mol. The summed E-state index contributed by atoms with van der Waals surface area (Å²) in [6.07, 6.45) is 3.93. The Morgan fingerprint density at radius 1 is 1.47 bits per heavy atom. The van der Waals surface area contributed by atoms with Gasteiger partial charge in [-0.05, 0) is 24.7 Å². The van der Waals surface area contributed by atoms with Gasteiger partial charge in [-0.15, -0.1) is 0 Å². The van der Waals surface area contributed by atoms with E-state index in [2.05, 4.69) is 22.7 Å². The zero-order chi connectivity index (χ0) is 11.1. The van der Waals surface area contributed by atoms with Gasteiger partial charge in [-0.1, -0.05) is 6.92 Å². The van der Waals surface area contributed by atoms with Crippen LogP contribution in [0.15, 0.2) is 12.3 Å². The molecular formula is C10H18N4S. The van der Waals surface area contributed by atoms with E-state index < -0.39 is 0 Å².